The highest BCUT2D eigenvalue weighted by molar-refractivity contribution is 6.01. The summed E-state index contributed by atoms with van der Waals surface area (Å²) >= 11 is 0. The van der Waals surface area contributed by atoms with Gasteiger partial charge in [0.1, 0.15) is 5.82 Å². The van der Waals surface area contributed by atoms with Crippen LogP contribution in [0.15, 0.2) is 60.7 Å². The predicted molar refractivity (Wildman–Crippen MR) is 119 cm³/mol. The third-order valence-corrected chi connectivity index (χ3v) is 5.94. The zero-order valence-corrected chi connectivity index (χ0v) is 17.3. The molecule has 3 heterocycles. The summed E-state index contributed by atoms with van der Waals surface area (Å²) in [5, 5.41) is 9.39. The number of pyridine rings is 1. The Morgan fingerprint density at radius 3 is 2.42 bits per heavy atom. The molecule has 5 rings (SSSR count). The number of hydrogen-bond acceptors (Lipinski definition) is 5. The summed E-state index contributed by atoms with van der Waals surface area (Å²) in [6.07, 6.45) is 0. The molecule has 1 N–H and O–H groups in total. The SMILES string of the molecule is O=C1c2cc(N3CCOCC3)nc(-c3ccc(CO)cc3)c2CN1Cc1ccccc1. The van der Waals surface area contributed by atoms with Gasteiger partial charge in [0.15, 0.2) is 0 Å². The number of anilines is 1. The van der Waals surface area contributed by atoms with Gasteiger partial charge < -0.3 is 19.6 Å². The second kappa shape index (κ2) is 8.49. The molecule has 2 aromatic carbocycles. The third kappa shape index (κ3) is 3.92. The predicted octanol–water partition coefficient (Wildman–Crippen LogP) is 3.23. The van der Waals surface area contributed by atoms with Gasteiger partial charge in [-0.1, -0.05) is 54.6 Å². The minimum Gasteiger partial charge on any atom is -0.392 e. The van der Waals surface area contributed by atoms with E-state index in [1.807, 2.05) is 65.6 Å². The number of carbonyl (C=O) groups excluding carboxylic acids is 1. The lowest BCUT2D eigenvalue weighted by Gasteiger charge is -2.28. The minimum absolute atomic E-state index is 0.00295. The highest BCUT2D eigenvalue weighted by Gasteiger charge is 2.32. The van der Waals surface area contributed by atoms with E-state index < -0.39 is 0 Å². The molecule has 1 saturated heterocycles. The maximum absolute atomic E-state index is 13.3. The molecule has 158 valence electrons. The molecule has 31 heavy (non-hydrogen) atoms. The third-order valence-electron chi connectivity index (χ3n) is 5.94. The van der Waals surface area contributed by atoms with Crippen molar-refractivity contribution in [2.75, 3.05) is 31.2 Å². The standard InChI is InChI=1S/C25H25N3O3/c29-17-19-6-8-20(9-7-19)24-22-16-28(15-18-4-2-1-3-5-18)25(30)21(22)14-23(26-24)27-10-12-31-13-11-27/h1-9,14,29H,10-13,15-17H2. The Labute approximate surface area is 181 Å². The zero-order valence-electron chi connectivity index (χ0n) is 17.3. The van der Waals surface area contributed by atoms with E-state index in [0.29, 0.717) is 26.3 Å². The molecule has 0 radical (unpaired) electrons. The zero-order chi connectivity index (χ0) is 21.2. The van der Waals surface area contributed by atoms with Gasteiger partial charge in [-0.2, -0.15) is 0 Å². The Bertz CT molecular complexity index is 1080. The Kier molecular flexibility index (Phi) is 5.40. The molecular formula is C25H25N3O3. The summed E-state index contributed by atoms with van der Waals surface area (Å²) in [6.45, 7) is 3.96. The van der Waals surface area contributed by atoms with Gasteiger partial charge in [0.2, 0.25) is 0 Å². The summed E-state index contributed by atoms with van der Waals surface area (Å²) < 4.78 is 5.49. The number of nitrogens with zero attached hydrogens (tertiary/aromatic N) is 3. The number of rotatable bonds is 5. The highest BCUT2D eigenvalue weighted by atomic mass is 16.5. The van der Waals surface area contributed by atoms with Gasteiger partial charge in [-0.25, -0.2) is 4.98 Å². The lowest BCUT2D eigenvalue weighted by molar-refractivity contribution is 0.0767. The number of fused-ring (bicyclic) bond motifs is 1. The quantitative estimate of drug-likeness (QED) is 0.693. The fourth-order valence-electron chi connectivity index (χ4n) is 4.23. The van der Waals surface area contributed by atoms with Crippen molar-refractivity contribution in [1.29, 1.82) is 0 Å². The number of carbonyl (C=O) groups is 1. The van der Waals surface area contributed by atoms with Crippen LogP contribution in [-0.2, 0) is 24.4 Å². The van der Waals surface area contributed by atoms with Gasteiger partial charge in [0, 0.05) is 37.3 Å². The summed E-state index contributed by atoms with van der Waals surface area (Å²) in [7, 11) is 0. The molecule has 0 bridgehead atoms. The van der Waals surface area contributed by atoms with Crippen LogP contribution in [0.25, 0.3) is 11.3 Å². The van der Waals surface area contributed by atoms with E-state index in [9.17, 15) is 9.90 Å². The van der Waals surface area contributed by atoms with E-state index in [1.165, 1.54) is 0 Å². The molecule has 2 aliphatic rings. The Morgan fingerprint density at radius 2 is 1.71 bits per heavy atom. The van der Waals surface area contributed by atoms with E-state index >= 15 is 0 Å². The molecule has 0 saturated carbocycles. The molecule has 3 aromatic rings. The van der Waals surface area contributed by atoms with Crippen LogP contribution in [0, 0.1) is 0 Å². The van der Waals surface area contributed by atoms with Crippen molar-refractivity contribution in [2.45, 2.75) is 19.7 Å². The molecule has 6 nitrogen and oxygen atoms in total. The minimum atomic E-state index is 0.00295. The van der Waals surface area contributed by atoms with Gasteiger partial charge in [-0.3, -0.25) is 4.79 Å². The summed E-state index contributed by atoms with van der Waals surface area (Å²) in [5.74, 6) is 0.863. The Morgan fingerprint density at radius 1 is 0.968 bits per heavy atom. The number of benzene rings is 2. The van der Waals surface area contributed by atoms with Crippen LogP contribution in [0.1, 0.15) is 27.0 Å². The molecule has 1 fully saturated rings. The molecule has 0 unspecified atom stereocenters. The molecule has 6 heteroatoms. The van der Waals surface area contributed by atoms with Crippen molar-refractivity contribution in [1.82, 2.24) is 9.88 Å². The maximum Gasteiger partial charge on any atom is 0.255 e. The average molecular weight is 415 g/mol. The Balaban J connectivity index is 1.55. The first kappa shape index (κ1) is 19.7. The number of morpholine rings is 1. The molecule has 0 spiro atoms. The van der Waals surface area contributed by atoms with Crippen molar-refractivity contribution in [3.05, 3.63) is 82.9 Å². The van der Waals surface area contributed by atoms with Gasteiger partial charge in [-0.05, 0) is 17.2 Å². The van der Waals surface area contributed by atoms with Crippen molar-refractivity contribution in [3.63, 3.8) is 0 Å². The number of aliphatic hydroxyl groups excluding tert-OH is 1. The summed E-state index contributed by atoms with van der Waals surface area (Å²) in [6, 6.07) is 19.8. The first-order valence-electron chi connectivity index (χ1n) is 10.6. The largest absolute Gasteiger partial charge is 0.392 e. The fourth-order valence-corrected chi connectivity index (χ4v) is 4.23. The number of hydrogen-bond donors (Lipinski definition) is 1. The topological polar surface area (TPSA) is 65.9 Å². The molecule has 1 aromatic heterocycles. The maximum atomic E-state index is 13.3. The fraction of sp³-hybridized carbons (Fsp3) is 0.280. The van der Waals surface area contributed by atoms with Gasteiger partial charge in [0.05, 0.1) is 31.1 Å². The molecule has 0 aliphatic carbocycles. The van der Waals surface area contributed by atoms with E-state index in [0.717, 1.165) is 52.4 Å². The van der Waals surface area contributed by atoms with Gasteiger partial charge in [0.25, 0.3) is 5.91 Å². The summed E-state index contributed by atoms with van der Waals surface area (Å²) in [5.41, 5.74) is 5.46. The monoisotopic (exact) mass is 415 g/mol. The summed E-state index contributed by atoms with van der Waals surface area (Å²) in [4.78, 5) is 22.4. The van der Waals surface area contributed by atoms with Crippen LogP contribution in [0.5, 0.6) is 0 Å². The lowest BCUT2D eigenvalue weighted by Crippen LogP contribution is -2.37. The smallest absolute Gasteiger partial charge is 0.255 e. The molecule has 1 amide bonds. The lowest BCUT2D eigenvalue weighted by atomic mass is 10.0. The van der Waals surface area contributed by atoms with Crippen molar-refractivity contribution in [3.8, 4) is 11.3 Å². The first-order chi connectivity index (χ1) is 15.2. The van der Waals surface area contributed by atoms with Crippen LogP contribution in [0.3, 0.4) is 0 Å². The molecule has 0 atom stereocenters. The van der Waals surface area contributed by atoms with Crippen LogP contribution >= 0.6 is 0 Å². The van der Waals surface area contributed by atoms with Crippen LogP contribution < -0.4 is 4.90 Å². The van der Waals surface area contributed by atoms with Gasteiger partial charge >= 0.3 is 0 Å². The first-order valence-corrected chi connectivity index (χ1v) is 10.6. The average Bonchev–Trinajstić information content (AvgIpc) is 3.15. The normalized spacial score (nSPS) is 16.0. The van der Waals surface area contributed by atoms with Gasteiger partial charge in [-0.15, -0.1) is 0 Å². The second-order valence-electron chi connectivity index (χ2n) is 7.96. The number of aromatic nitrogens is 1. The number of amides is 1. The molecule has 2 aliphatic heterocycles. The van der Waals surface area contributed by atoms with Crippen LogP contribution in [0.2, 0.25) is 0 Å². The van der Waals surface area contributed by atoms with Crippen molar-refractivity contribution in [2.24, 2.45) is 0 Å². The van der Waals surface area contributed by atoms with E-state index in [1.54, 1.807) is 0 Å². The van der Waals surface area contributed by atoms with Crippen LogP contribution in [0.4, 0.5) is 5.82 Å². The highest BCUT2D eigenvalue weighted by Crippen LogP contribution is 2.35. The number of ether oxygens (including phenoxy) is 1. The van der Waals surface area contributed by atoms with Crippen molar-refractivity contribution < 1.29 is 14.6 Å². The Hall–Kier alpha value is -3.22. The van der Waals surface area contributed by atoms with Crippen LogP contribution in [-0.4, -0.2) is 47.2 Å². The van der Waals surface area contributed by atoms with E-state index in [4.69, 9.17) is 9.72 Å². The van der Waals surface area contributed by atoms with Crippen molar-refractivity contribution >= 4 is 11.7 Å². The van der Waals surface area contributed by atoms with E-state index in [2.05, 4.69) is 4.90 Å². The second-order valence-corrected chi connectivity index (χ2v) is 7.96. The number of aliphatic hydroxyl groups is 1. The van der Waals surface area contributed by atoms with E-state index in [-0.39, 0.29) is 12.5 Å². The molecular weight excluding hydrogens is 390 g/mol.